The Morgan fingerprint density at radius 2 is 2.35 bits per heavy atom. The third kappa shape index (κ3) is 4.30. The van der Waals surface area contributed by atoms with Gasteiger partial charge < -0.3 is 5.32 Å². The van der Waals surface area contributed by atoms with Crippen LogP contribution in [0.15, 0.2) is 11.1 Å². The minimum absolute atomic E-state index is 0.364. The lowest BCUT2D eigenvalue weighted by molar-refractivity contribution is 0.624. The van der Waals surface area contributed by atoms with Crippen molar-refractivity contribution in [2.45, 2.75) is 50.1 Å². The summed E-state index contributed by atoms with van der Waals surface area (Å²) < 4.78 is 8.91. The summed E-state index contributed by atoms with van der Waals surface area (Å²) in [7, 11) is 0. The van der Waals surface area contributed by atoms with Gasteiger partial charge in [-0.05, 0) is 44.1 Å². The van der Waals surface area contributed by atoms with Gasteiger partial charge in [0.25, 0.3) is 0 Å². The van der Waals surface area contributed by atoms with Crippen molar-refractivity contribution in [1.29, 1.82) is 5.26 Å². The van der Waals surface area contributed by atoms with Gasteiger partial charge in [-0.2, -0.15) is 14.0 Å². The van der Waals surface area contributed by atoms with Crippen molar-refractivity contribution in [3.05, 3.63) is 11.8 Å². The molecular formula is C14H20N4S2. The van der Waals surface area contributed by atoms with E-state index in [9.17, 15) is 0 Å². The van der Waals surface area contributed by atoms with Gasteiger partial charge in [-0.1, -0.05) is 12.5 Å². The van der Waals surface area contributed by atoms with Gasteiger partial charge in [0.1, 0.15) is 10.7 Å². The Balaban J connectivity index is 1.86. The molecule has 1 atom stereocenters. The van der Waals surface area contributed by atoms with E-state index < -0.39 is 0 Å². The summed E-state index contributed by atoms with van der Waals surface area (Å²) in [5.41, 5.74) is 2.36. The standard InChI is InChI=1S/C14H20N4S2/c1-11-12(7-6-9-16-11)13-14(18-20-17-13)19-10-5-3-2-4-8-15/h7,11,16H,2-6,9-10H2,1H3. The van der Waals surface area contributed by atoms with Crippen molar-refractivity contribution in [3.63, 3.8) is 0 Å². The topological polar surface area (TPSA) is 61.6 Å². The number of nitrogens with one attached hydrogen (secondary N) is 1. The third-order valence-electron chi connectivity index (χ3n) is 3.33. The molecular weight excluding hydrogens is 288 g/mol. The molecule has 1 N–H and O–H groups in total. The Bertz CT molecular complexity index is 490. The van der Waals surface area contributed by atoms with Crippen LogP contribution in [0.5, 0.6) is 0 Å². The van der Waals surface area contributed by atoms with Gasteiger partial charge in [-0.25, -0.2) is 0 Å². The molecule has 0 bridgehead atoms. The van der Waals surface area contributed by atoms with Crippen LogP contribution in [-0.4, -0.2) is 27.1 Å². The highest BCUT2D eigenvalue weighted by molar-refractivity contribution is 7.99. The van der Waals surface area contributed by atoms with Crippen LogP contribution in [-0.2, 0) is 0 Å². The quantitative estimate of drug-likeness (QED) is 0.617. The summed E-state index contributed by atoms with van der Waals surface area (Å²) in [4.78, 5) is 0. The number of nitrogens with zero attached hydrogens (tertiary/aromatic N) is 3. The normalized spacial score (nSPS) is 18.6. The zero-order chi connectivity index (χ0) is 14.2. The Kier molecular flexibility index (Phi) is 6.51. The van der Waals surface area contributed by atoms with Crippen molar-refractivity contribution in [3.8, 4) is 6.07 Å². The Morgan fingerprint density at radius 3 is 3.15 bits per heavy atom. The zero-order valence-corrected chi connectivity index (χ0v) is 13.4. The summed E-state index contributed by atoms with van der Waals surface area (Å²) in [6, 6.07) is 2.55. The summed E-state index contributed by atoms with van der Waals surface area (Å²) >= 11 is 3.09. The molecule has 1 aromatic rings. The first kappa shape index (κ1) is 15.5. The fourth-order valence-corrected chi connectivity index (χ4v) is 3.90. The number of aromatic nitrogens is 2. The first-order valence-corrected chi connectivity index (χ1v) is 8.80. The van der Waals surface area contributed by atoms with E-state index in [2.05, 4.69) is 33.1 Å². The maximum Gasteiger partial charge on any atom is 0.138 e. The van der Waals surface area contributed by atoms with Crippen LogP contribution < -0.4 is 5.32 Å². The maximum absolute atomic E-state index is 8.49. The molecule has 2 rings (SSSR count). The van der Waals surface area contributed by atoms with E-state index in [0.29, 0.717) is 12.5 Å². The third-order valence-corrected chi connectivity index (χ3v) is 5.02. The number of hydrogen-bond donors (Lipinski definition) is 1. The van der Waals surface area contributed by atoms with Gasteiger partial charge >= 0.3 is 0 Å². The largest absolute Gasteiger partial charge is 0.310 e. The second-order valence-electron chi connectivity index (χ2n) is 4.86. The molecule has 2 heterocycles. The summed E-state index contributed by atoms with van der Waals surface area (Å²) in [5.74, 6) is 1.05. The molecule has 0 spiro atoms. The van der Waals surface area contributed by atoms with Gasteiger partial charge in [0, 0.05) is 12.5 Å². The predicted molar refractivity (Wildman–Crippen MR) is 84.8 cm³/mol. The van der Waals surface area contributed by atoms with Crippen LogP contribution in [0.25, 0.3) is 5.57 Å². The van der Waals surface area contributed by atoms with Gasteiger partial charge in [0.2, 0.25) is 0 Å². The molecule has 20 heavy (non-hydrogen) atoms. The second-order valence-corrected chi connectivity index (χ2v) is 6.47. The fraction of sp³-hybridized carbons (Fsp3) is 0.643. The minimum atomic E-state index is 0.364. The summed E-state index contributed by atoms with van der Waals surface area (Å²) in [5, 5.41) is 13.0. The number of rotatable bonds is 7. The molecule has 4 nitrogen and oxygen atoms in total. The molecule has 1 aliphatic heterocycles. The number of thioether (sulfide) groups is 1. The summed E-state index contributed by atoms with van der Waals surface area (Å²) in [6.45, 7) is 3.23. The molecule has 0 radical (unpaired) electrons. The van der Waals surface area contributed by atoms with Crippen molar-refractivity contribution in [1.82, 2.24) is 14.1 Å². The molecule has 6 heteroatoms. The van der Waals surface area contributed by atoms with Crippen LogP contribution >= 0.6 is 23.5 Å². The number of nitriles is 1. The van der Waals surface area contributed by atoms with Crippen molar-refractivity contribution in [2.24, 2.45) is 0 Å². The van der Waals surface area contributed by atoms with E-state index in [1.165, 1.54) is 17.3 Å². The molecule has 108 valence electrons. The summed E-state index contributed by atoms with van der Waals surface area (Å²) in [6.07, 6.45) is 7.28. The van der Waals surface area contributed by atoms with Gasteiger partial charge in [-0.15, -0.1) is 11.8 Å². The Hall–Kier alpha value is -0.900. The monoisotopic (exact) mass is 308 g/mol. The van der Waals surface area contributed by atoms with Crippen molar-refractivity contribution >= 4 is 29.1 Å². The van der Waals surface area contributed by atoms with Gasteiger partial charge in [-0.3, -0.25) is 0 Å². The molecule has 1 unspecified atom stereocenters. The van der Waals surface area contributed by atoms with Crippen LogP contribution in [0, 0.1) is 11.3 Å². The van der Waals surface area contributed by atoms with Crippen LogP contribution in [0.4, 0.5) is 0 Å². The lowest BCUT2D eigenvalue weighted by Gasteiger charge is -2.21. The molecule has 0 fully saturated rings. The SMILES string of the molecule is CC1NCCC=C1c1nsnc1SCCCCCC#N. The molecule has 0 amide bonds. The highest BCUT2D eigenvalue weighted by Gasteiger charge is 2.20. The number of unbranched alkanes of at least 4 members (excludes halogenated alkanes) is 3. The smallest absolute Gasteiger partial charge is 0.138 e. The van der Waals surface area contributed by atoms with Gasteiger partial charge in [0.15, 0.2) is 0 Å². The first-order valence-electron chi connectivity index (χ1n) is 7.09. The minimum Gasteiger partial charge on any atom is -0.310 e. The lowest BCUT2D eigenvalue weighted by atomic mass is 10.0. The lowest BCUT2D eigenvalue weighted by Crippen LogP contribution is -2.31. The van der Waals surface area contributed by atoms with Crippen molar-refractivity contribution in [2.75, 3.05) is 12.3 Å². The van der Waals surface area contributed by atoms with E-state index >= 15 is 0 Å². The molecule has 0 saturated carbocycles. The maximum atomic E-state index is 8.49. The van der Waals surface area contributed by atoms with Gasteiger partial charge in [0.05, 0.1) is 17.8 Å². The highest BCUT2D eigenvalue weighted by atomic mass is 32.2. The molecule has 1 aromatic heterocycles. The van der Waals surface area contributed by atoms with Crippen LogP contribution in [0.2, 0.25) is 0 Å². The highest BCUT2D eigenvalue weighted by Crippen LogP contribution is 2.30. The number of hydrogen-bond acceptors (Lipinski definition) is 6. The predicted octanol–water partition coefficient (Wildman–Crippen LogP) is 3.48. The molecule has 0 aromatic carbocycles. The first-order chi connectivity index (χ1) is 9.83. The van der Waals surface area contributed by atoms with E-state index in [1.807, 2.05) is 0 Å². The average molecular weight is 308 g/mol. The average Bonchev–Trinajstić information content (AvgIpc) is 2.91. The second kappa shape index (κ2) is 8.40. The Labute approximate surface area is 129 Å². The Morgan fingerprint density at radius 1 is 1.45 bits per heavy atom. The van der Waals surface area contributed by atoms with E-state index in [0.717, 1.165) is 48.7 Å². The van der Waals surface area contributed by atoms with Crippen molar-refractivity contribution < 1.29 is 0 Å². The van der Waals surface area contributed by atoms with E-state index in [-0.39, 0.29) is 0 Å². The fourth-order valence-electron chi connectivity index (χ4n) is 2.22. The molecule has 0 saturated heterocycles. The zero-order valence-electron chi connectivity index (χ0n) is 11.8. The molecule has 0 aliphatic carbocycles. The molecule has 1 aliphatic rings. The van der Waals surface area contributed by atoms with E-state index in [4.69, 9.17) is 5.26 Å². The van der Waals surface area contributed by atoms with E-state index in [1.54, 1.807) is 11.8 Å². The van der Waals surface area contributed by atoms with Crippen LogP contribution in [0.3, 0.4) is 0 Å². The van der Waals surface area contributed by atoms with Crippen LogP contribution in [0.1, 0.15) is 44.7 Å².